The highest BCUT2D eigenvalue weighted by Gasteiger charge is 1.99. The summed E-state index contributed by atoms with van der Waals surface area (Å²) in [6.45, 7) is 4.86. The van der Waals surface area contributed by atoms with Gasteiger partial charge in [0.05, 0.1) is 12.8 Å². The zero-order valence-electron chi connectivity index (χ0n) is 14.6. The zero-order valence-corrected chi connectivity index (χ0v) is 14.6. The molecule has 3 rings (SSSR count). The summed E-state index contributed by atoms with van der Waals surface area (Å²) in [5.74, 6) is 1.68. The second-order valence-corrected chi connectivity index (χ2v) is 6.07. The maximum Gasteiger partial charge on any atom is 0.127 e. The highest BCUT2D eigenvalue weighted by Crippen LogP contribution is 2.23. The van der Waals surface area contributed by atoms with Gasteiger partial charge in [0.15, 0.2) is 0 Å². The summed E-state index contributed by atoms with van der Waals surface area (Å²) < 4.78 is 5.92. The second-order valence-electron chi connectivity index (χ2n) is 6.07. The van der Waals surface area contributed by atoms with Gasteiger partial charge in [0.25, 0.3) is 0 Å². The molecule has 0 bridgehead atoms. The Bertz CT molecular complexity index is 819. The monoisotopic (exact) mass is 330 g/mol. The van der Waals surface area contributed by atoms with E-state index in [4.69, 9.17) is 4.74 Å². The fourth-order valence-electron chi connectivity index (χ4n) is 2.60. The van der Waals surface area contributed by atoms with E-state index in [1.54, 1.807) is 0 Å². The van der Waals surface area contributed by atoms with Crippen molar-refractivity contribution in [2.24, 2.45) is 5.10 Å². The number of benzene rings is 3. The Morgan fingerprint density at radius 2 is 1.52 bits per heavy atom. The molecule has 25 heavy (non-hydrogen) atoms. The van der Waals surface area contributed by atoms with E-state index < -0.39 is 0 Å². The molecule has 0 saturated carbocycles. The summed E-state index contributed by atoms with van der Waals surface area (Å²) in [6.07, 6.45) is 1.81. The molecular weight excluding hydrogens is 308 g/mol. The van der Waals surface area contributed by atoms with Crippen molar-refractivity contribution >= 4 is 6.21 Å². The SMILES string of the molecule is Cc1cc(C)cc(Oc2ccc(C=NNCc3ccccc3)cc2)c1. The highest BCUT2D eigenvalue weighted by atomic mass is 16.5. The first kappa shape index (κ1) is 16.8. The van der Waals surface area contributed by atoms with Gasteiger partial charge in [-0.25, -0.2) is 0 Å². The van der Waals surface area contributed by atoms with Crippen LogP contribution < -0.4 is 10.2 Å². The third-order valence-corrected chi connectivity index (χ3v) is 3.74. The Morgan fingerprint density at radius 1 is 0.840 bits per heavy atom. The molecule has 0 aliphatic rings. The van der Waals surface area contributed by atoms with Gasteiger partial charge in [0.1, 0.15) is 11.5 Å². The Kier molecular flexibility index (Phi) is 5.47. The maximum absolute atomic E-state index is 5.92. The lowest BCUT2D eigenvalue weighted by atomic mass is 10.1. The fourth-order valence-corrected chi connectivity index (χ4v) is 2.60. The molecule has 0 aliphatic carbocycles. The zero-order chi connectivity index (χ0) is 17.5. The summed E-state index contributed by atoms with van der Waals surface area (Å²) in [5, 5.41) is 4.26. The van der Waals surface area contributed by atoms with Gasteiger partial charge in [-0.1, -0.05) is 36.4 Å². The molecule has 0 aliphatic heterocycles. The number of rotatable bonds is 6. The molecule has 0 radical (unpaired) electrons. The molecule has 3 aromatic rings. The van der Waals surface area contributed by atoms with Crippen LogP contribution >= 0.6 is 0 Å². The average Bonchev–Trinajstić information content (AvgIpc) is 2.60. The quantitative estimate of drug-likeness (QED) is 0.496. The van der Waals surface area contributed by atoms with Crippen molar-refractivity contribution in [2.75, 3.05) is 0 Å². The molecule has 0 amide bonds. The van der Waals surface area contributed by atoms with Gasteiger partial charge < -0.3 is 10.2 Å². The molecule has 0 spiro atoms. The first-order valence-corrected chi connectivity index (χ1v) is 8.35. The van der Waals surface area contributed by atoms with E-state index in [1.165, 1.54) is 16.7 Å². The van der Waals surface area contributed by atoms with E-state index in [2.05, 4.69) is 42.6 Å². The third kappa shape index (κ3) is 5.21. The third-order valence-electron chi connectivity index (χ3n) is 3.74. The summed E-state index contributed by atoms with van der Waals surface area (Å²) >= 11 is 0. The van der Waals surface area contributed by atoms with Crippen molar-refractivity contribution in [1.82, 2.24) is 5.43 Å². The molecule has 3 nitrogen and oxygen atoms in total. The lowest BCUT2D eigenvalue weighted by molar-refractivity contribution is 0.482. The molecule has 0 unspecified atom stereocenters. The Labute approximate surface area is 149 Å². The van der Waals surface area contributed by atoms with Crippen molar-refractivity contribution in [3.8, 4) is 11.5 Å². The number of hydrazone groups is 1. The van der Waals surface area contributed by atoms with Gasteiger partial charge >= 0.3 is 0 Å². The van der Waals surface area contributed by atoms with Crippen LogP contribution in [-0.2, 0) is 6.54 Å². The number of nitrogens with one attached hydrogen (secondary N) is 1. The Morgan fingerprint density at radius 3 is 2.20 bits per heavy atom. The van der Waals surface area contributed by atoms with Crippen LogP contribution in [0.5, 0.6) is 11.5 Å². The van der Waals surface area contributed by atoms with E-state index in [-0.39, 0.29) is 0 Å². The van der Waals surface area contributed by atoms with Crippen molar-refractivity contribution in [2.45, 2.75) is 20.4 Å². The van der Waals surface area contributed by atoms with Crippen molar-refractivity contribution in [3.63, 3.8) is 0 Å². The van der Waals surface area contributed by atoms with Gasteiger partial charge in [-0.3, -0.25) is 0 Å². The highest BCUT2D eigenvalue weighted by molar-refractivity contribution is 5.79. The molecular formula is C22H22N2O. The minimum atomic E-state index is 0.714. The van der Waals surface area contributed by atoms with Crippen molar-refractivity contribution in [3.05, 3.63) is 95.1 Å². The first-order valence-electron chi connectivity index (χ1n) is 8.35. The molecule has 0 saturated heterocycles. The van der Waals surface area contributed by atoms with E-state index in [1.807, 2.05) is 60.8 Å². The minimum Gasteiger partial charge on any atom is -0.457 e. The van der Waals surface area contributed by atoms with Crippen LogP contribution in [0.3, 0.4) is 0 Å². The topological polar surface area (TPSA) is 33.6 Å². The molecule has 0 aromatic heterocycles. The number of aryl methyl sites for hydroxylation is 2. The van der Waals surface area contributed by atoms with Crippen LogP contribution in [-0.4, -0.2) is 6.21 Å². The van der Waals surface area contributed by atoms with Crippen LogP contribution in [0.15, 0.2) is 77.9 Å². The predicted octanol–water partition coefficient (Wildman–Crippen LogP) is 5.22. The molecule has 3 aromatic carbocycles. The lowest BCUT2D eigenvalue weighted by Gasteiger charge is -2.08. The van der Waals surface area contributed by atoms with Gasteiger partial charge in [-0.15, -0.1) is 0 Å². The van der Waals surface area contributed by atoms with Crippen LogP contribution in [0.25, 0.3) is 0 Å². The molecule has 126 valence electrons. The number of nitrogens with zero attached hydrogens (tertiary/aromatic N) is 1. The molecule has 0 heterocycles. The van der Waals surface area contributed by atoms with Gasteiger partial charge in [0.2, 0.25) is 0 Å². The smallest absolute Gasteiger partial charge is 0.127 e. The van der Waals surface area contributed by atoms with Crippen molar-refractivity contribution < 1.29 is 4.74 Å². The molecule has 0 atom stereocenters. The average molecular weight is 330 g/mol. The lowest BCUT2D eigenvalue weighted by Crippen LogP contribution is -2.05. The summed E-state index contributed by atoms with van der Waals surface area (Å²) in [7, 11) is 0. The van der Waals surface area contributed by atoms with Crippen LogP contribution in [0, 0.1) is 13.8 Å². The first-order chi connectivity index (χ1) is 12.2. The van der Waals surface area contributed by atoms with E-state index in [9.17, 15) is 0 Å². The Balaban J connectivity index is 1.55. The number of ether oxygens (including phenoxy) is 1. The standard InChI is InChI=1S/C22H22N2O/c1-17-12-18(2)14-22(13-17)25-21-10-8-20(9-11-21)16-24-23-15-19-6-4-3-5-7-19/h3-14,16,23H,15H2,1-2H3. The van der Waals surface area contributed by atoms with E-state index >= 15 is 0 Å². The largest absolute Gasteiger partial charge is 0.457 e. The maximum atomic E-state index is 5.92. The van der Waals surface area contributed by atoms with Crippen LogP contribution in [0.4, 0.5) is 0 Å². The molecule has 0 fully saturated rings. The summed E-state index contributed by atoms with van der Waals surface area (Å²) in [5.41, 5.74) is 7.68. The normalized spacial score (nSPS) is 10.8. The number of hydrogen-bond acceptors (Lipinski definition) is 3. The summed E-state index contributed by atoms with van der Waals surface area (Å²) in [6, 6.07) is 24.3. The molecule has 3 heteroatoms. The number of hydrogen-bond donors (Lipinski definition) is 1. The second kappa shape index (κ2) is 8.15. The van der Waals surface area contributed by atoms with Gasteiger partial charge in [-0.05, 0) is 72.5 Å². The van der Waals surface area contributed by atoms with Gasteiger partial charge in [0, 0.05) is 0 Å². The van der Waals surface area contributed by atoms with Crippen LogP contribution in [0.1, 0.15) is 22.3 Å². The Hall–Kier alpha value is -3.07. The van der Waals surface area contributed by atoms with Crippen LogP contribution in [0.2, 0.25) is 0 Å². The van der Waals surface area contributed by atoms with E-state index in [0.29, 0.717) is 6.54 Å². The fraction of sp³-hybridized carbons (Fsp3) is 0.136. The molecule has 1 N–H and O–H groups in total. The predicted molar refractivity (Wildman–Crippen MR) is 103 cm³/mol. The summed E-state index contributed by atoms with van der Waals surface area (Å²) in [4.78, 5) is 0. The van der Waals surface area contributed by atoms with Crippen molar-refractivity contribution in [1.29, 1.82) is 0 Å². The van der Waals surface area contributed by atoms with Gasteiger partial charge in [-0.2, -0.15) is 5.10 Å². The minimum absolute atomic E-state index is 0.714. The van der Waals surface area contributed by atoms with E-state index in [0.717, 1.165) is 17.1 Å².